The van der Waals surface area contributed by atoms with Crippen LogP contribution in [0.15, 0.2) is 42.7 Å². The molecule has 2 aliphatic rings. The number of aliphatic hydroxyl groups excluding tert-OH is 1. The summed E-state index contributed by atoms with van der Waals surface area (Å²) >= 11 is 0. The molecule has 2 aromatic rings. The molecule has 12 nitrogen and oxygen atoms in total. The van der Waals surface area contributed by atoms with Crippen LogP contribution in [0.25, 0.3) is 0 Å². The van der Waals surface area contributed by atoms with Crippen LogP contribution >= 0.6 is 0 Å². The van der Waals surface area contributed by atoms with Crippen molar-refractivity contribution in [3.8, 4) is 0 Å². The number of hydrogen-bond acceptors (Lipinski definition) is 8. The number of carbonyl (C=O) groups excluding carboxylic acids is 4. The van der Waals surface area contributed by atoms with E-state index in [0.717, 1.165) is 29.8 Å². The van der Waals surface area contributed by atoms with E-state index in [0.29, 0.717) is 19.0 Å². The minimum absolute atomic E-state index is 0.0405. The molecule has 0 radical (unpaired) electrons. The number of rotatable bonds is 7. The lowest BCUT2D eigenvalue weighted by atomic mass is 9.89. The van der Waals surface area contributed by atoms with E-state index >= 15 is 0 Å². The van der Waals surface area contributed by atoms with E-state index in [-0.39, 0.29) is 31.3 Å². The molecule has 0 unspecified atom stereocenters. The Kier molecular flexibility index (Phi) is 12.4. The average molecular weight is 622 g/mol. The number of amides is 4. The fourth-order valence-electron chi connectivity index (χ4n) is 5.87. The highest BCUT2D eigenvalue weighted by molar-refractivity contribution is 5.95. The third-order valence-electron chi connectivity index (χ3n) is 8.44. The molecule has 4 amide bonds. The zero-order valence-corrected chi connectivity index (χ0v) is 26.5. The van der Waals surface area contributed by atoms with Crippen LogP contribution in [-0.4, -0.2) is 87.5 Å². The number of aromatic nitrogens is 2. The number of aliphatic hydroxyl groups is 1. The molecule has 4 atom stereocenters. The van der Waals surface area contributed by atoms with Crippen molar-refractivity contribution in [3.05, 3.63) is 59.7 Å². The van der Waals surface area contributed by atoms with Crippen molar-refractivity contribution in [1.29, 1.82) is 0 Å². The molecule has 1 aromatic carbocycles. The molecular weight excluding hydrogens is 574 g/mol. The quantitative estimate of drug-likeness (QED) is 0.308. The minimum atomic E-state index is -1.24. The maximum absolute atomic E-state index is 13.5. The van der Waals surface area contributed by atoms with Gasteiger partial charge in [0.2, 0.25) is 23.6 Å². The molecule has 0 spiro atoms. The van der Waals surface area contributed by atoms with Gasteiger partial charge in [-0.3, -0.25) is 24.1 Å². The second kappa shape index (κ2) is 16.4. The van der Waals surface area contributed by atoms with Gasteiger partial charge in [-0.25, -0.2) is 9.97 Å². The van der Waals surface area contributed by atoms with Gasteiger partial charge in [0.25, 0.3) is 0 Å². The molecule has 2 fully saturated rings. The van der Waals surface area contributed by atoms with E-state index in [1.807, 2.05) is 49.1 Å². The predicted octanol–water partition coefficient (Wildman–Crippen LogP) is 1.19. The van der Waals surface area contributed by atoms with Crippen molar-refractivity contribution in [1.82, 2.24) is 36.1 Å². The first-order valence-electron chi connectivity index (χ1n) is 16.0. The van der Waals surface area contributed by atoms with Crippen molar-refractivity contribution in [3.63, 3.8) is 0 Å². The van der Waals surface area contributed by atoms with E-state index in [1.165, 1.54) is 26.2 Å². The summed E-state index contributed by atoms with van der Waals surface area (Å²) in [4.78, 5) is 64.5. The zero-order valence-electron chi connectivity index (χ0n) is 26.5. The SMILES string of the molecule is CC(C)[C@H]1NC(=O)CN(Cc2cnc(C3CCCCC3)nc2)CCNC(=O)[C@H]([C@@H](C)O)NC(=O)[C@H](Cc2ccccc2)NC1=O. The Bertz CT molecular complexity index is 1280. The molecular formula is C33H47N7O5. The van der Waals surface area contributed by atoms with Crippen LogP contribution in [0.3, 0.4) is 0 Å². The largest absolute Gasteiger partial charge is 0.391 e. The number of hydrogen-bond donors (Lipinski definition) is 5. The third kappa shape index (κ3) is 10.1. The summed E-state index contributed by atoms with van der Waals surface area (Å²) in [6.07, 6.45) is 8.35. The van der Waals surface area contributed by atoms with Crippen molar-refractivity contribution in [2.24, 2.45) is 5.92 Å². The van der Waals surface area contributed by atoms with Crippen LogP contribution in [0.4, 0.5) is 0 Å². The monoisotopic (exact) mass is 621 g/mol. The molecule has 12 heteroatoms. The van der Waals surface area contributed by atoms with E-state index in [4.69, 9.17) is 0 Å². The van der Waals surface area contributed by atoms with Crippen LogP contribution in [0.5, 0.6) is 0 Å². The molecule has 1 saturated heterocycles. The molecule has 1 saturated carbocycles. The lowest BCUT2D eigenvalue weighted by Crippen LogP contribution is -2.60. The Morgan fingerprint density at radius 3 is 2.18 bits per heavy atom. The Morgan fingerprint density at radius 2 is 1.53 bits per heavy atom. The molecule has 1 aliphatic heterocycles. The smallest absolute Gasteiger partial charge is 0.245 e. The fraction of sp³-hybridized carbons (Fsp3) is 0.576. The fourth-order valence-corrected chi connectivity index (χ4v) is 5.87. The van der Waals surface area contributed by atoms with E-state index < -0.39 is 42.0 Å². The van der Waals surface area contributed by atoms with Crippen LogP contribution in [-0.2, 0) is 32.1 Å². The molecule has 5 N–H and O–H groups in total. The van der Waals surface area contributed by atoms with E-state index in [2.05, 4.69) is 31.2 Å². The van der Waals surface area contributed by atoms with Gasteiger partial charge < -0.3 is 26.4 Å². The van der Waals surface area contributed by atoms with Crippen molar-refractivity contribution < 1.29 is 24.3 Å². The summed E-state index contributed by atoms with van der Waals surface area (Å²) in [5.74, 6) is -1.11. The van der Waals surface area contributed by atoms with Gasteiger partial charge in [0, 0.05) is 49.9 Å². The summed E-state index contributed by atoms with van der Waals surface area (Å²) in [7, 11) is 0. The molecule has 0 bridgehead atoms. The van der Waals surface area contributed by atoms with Gasteiger partial charge in [0.1, 0.15) is 23.9 Å². The molecule has 4 rings (SSSR count). The number of carbonyl (C=O) groups is 4. The predicted molar refractivity (Wildman–Crippen MR) is 169 cm³/mol. The first kappa shape index (κ1) is 34.0. The number of nitrogens with one attached hydrogen (secondary N) is 4. The first-order valence-corrected chi connectivity index (χ1v) is 16.0. The maximum atomic E-state index is 13.5. The summed E-state index contributed by atoms with van der Waals surface area (Å²) in [6, 6.07) is 5.97. The Balaban J connectivity index is 1.54. The van der Waals surface area contributed by atoms with Crippen LogP contribution in [0.1, 0.15) is 75.7 Å². The Labute approximate surface area is 265 Å². The van der Waals surface area contributed by atoms with E-state index in [1.54, 1.807) is 12.4 Å². The number of nitrogens with zero attached hydrogens (tertiary/aromatic N) is 3. The molecule has 1 aromatic heterocycles. The van der Waals surface area contributed by atoms with Gasteiger partial charge in [-0.1, -0.05) is 63.4 Å². The summed E-state index contributed by atoms with van der Waals surface area (Å²) in [5.41, 5.74) is 1.62. The van der Waals surface area contributed by atoms with Gasteiger partial charge in [0.15, 0.2) is 0 Å². The average Bonchev–Trinajstić information content (AvgIpc) is 3.02. The second-order valence-corrected chi connectivity index (χ2v) is 12.6. The van der Waals surface area contributed by atoms with Crippen molar-refractivity contribution in [2.45, 2.75) is 96.0 Å². The molecule has 1 aliphatic carbocycles. The summed E-state index contributed by atoms with van der Waals surface area (Å²) < 4.78 is 0. The van der Waals surface area contributed by atoms with Gasteiger partial charge in [-0.2, -0.15) is 0 Å². The van der Waals surface area contributed by atoms with Gasteiger partial charge in [-0.15, -0.1) is 0 Å². The molecule has 2 heterocycles. The third-order valence-corrected chi connectivity index (χ3v) is 8.44. The first-order chi connectivity index (χ1) is 21.6. The lowest BCUT2D eigenvalue weighted by Gasteiger charge is -2.27. The highest BCUT2D eigenvalue weighted by Crippen LogP contribution is 2.30. The Morgan fingerprint density at radius 1 is 0.844 bits per heavy atom. The standard InChI is InChI=1S/C33H47N7O5/c1-21(2)28-33(45)37-26(16-23-10-6-4-7-11-23)31(43)39-29(22(3)41)32(44)34-14-15-40(20-27(42)38-28)19-24-17-35-30(36-18-24)25-12-8-5-9-13-25/h4,6-7,10-11,17-18,21-22,25-26,28-29,41H,5,8-9,12-16,19-20H2,1-3H3,(H,34,44)(H,37,45)(H,38,42)(H,39,43)/t22-,26+,28-,29+/m1/s1. The normalized spacial score (nSPS) is 24.1. The minimum Gasteiger partial charge on any atom is -0.391 e. The number of benzene rings is 1. The zero-order chi connectivity index (χ0) is 32.3. The van der Waals surface area contributed by atoms with Gasteiger partial charge in [-0.05, 0) is 31.2 Å². The highest BCUT2D eigenvalue weighted by Gasteiger charge is 2.33. The topological polar surface area (TPSA) is 166 Å². The van der Waals surface area contributed by atoms with Gasteiger partial charge in [0.05, 0.1) is 12.6 Å². The lowest BCUT2D eigenvalue weighted by molar-refractivity contribution is -0.135. The summed E-state index contributed by atoms with van der Waals surface area (Å²) in [6.45, 7) is 5.82. The summed E-state index contributed by atoms with van der Waals surface area (Å²) in [5, 5.41) is 21.5. The molecule has 45 heavy (non-hydrogen) atoms. The highest BCUT2D eigenvalue weighted by atomic mass is 16.3. The second-order valence-electron chi connectivity index (χ2n) is 12.6. The van der Waals surface area contributed by atoms with Crippen LogP contribution in [0, 0.1) is 5.92 Å². The molecule has 244 valence electrons. The maximum Gasteiger partial charge on any atom is 0.245 e. The van der Waals surface area contributed by atoms with Crippen molar-refractivity contribution in [2.75, 3.05) is 19.6 Å². The van der Waals surface area contributed by atoms with E-state index in [9.17, 15) is 24.3 Å². The van der Waals surface area contributed by atoms with Crippen LogP contribution < -0.4 is 21.3 Å². The van der Waals surface area contributed by atoms with Crippen molar-refractivity contribution >= 4 is 23.6 Å². The van der Waals surface area contributed by atoms with Crippen LogP contribution in [0.2, 0.25) is 0 Å². The van der Waals surface area contributed by atoms with Gasteiger partial charge >= 0.3 is 0 Å². The Hall–Kier alpha value is -3.90.